The minimum atomic E-state index is -0.338. The molecule has 0 saturated carbocycles. The molecule has 8 heteroatoms. The van der Waals surface area contributed by atoms with Gasteiger partial charge in [-0.1, -0.05) is 0 Å². The molecule has 86 valence electrons. The number of nitrogens with zero attached hydrogens (tertiary/aromatic N) is 6. The zero-order valence-electron chi connectivity index (χ0n) is 8.99. The molecule has 0 amide bonds. The number of rotatable bonds is 3. The standard InChI is InChI=1S/C10H6N8/c11-3-7(15)9(5-13)17-1-2-18-10(6-14)8(16)4-12/h1-2H,15-16H2/b9-7+,10-8+,17-1?,18-2?. The molecule has 0 aromatic carbocycles. The first-order valence-electron chi connectivity index (χ1n) is 4.27. The van der Waals surface area contributed by atoms with Crippen molar-refractivity contribution in [3.63, 3.8) is 0 Å². The monoisotopic (exact) mass is 238 g/mol. The maximum absolute atomic E-state index is 8.59. The highest BCUT2D eigenvalue weighted by Gasteiger charge is 1.98. The molecular formula is C10H6N8. The van der Waals surface area contributed by atoms with E-state index >= 15 is 0 Å². The molecule has 0 rings (SSSR count). The van der Waals surface area contributed by atoms with Crippen molar-refractivity contribution in [2.75, 3.05) is 0 Å². The lowest BCUT2D eigenvalue weighted by atomic mass is 10.4. The fraction of sp³-hybridized carbons (Fsp3) is 0. The molecule has 18 heavy (non-hydrogen) atoms. The molecule has 0 fully saturated rings. The summed E-state index contributed by atoms with van der Waals surface area (Å²) in [5, 5.41) is 34.0. The van der Waals surface area contributed by atoms with Gasteiger partial charge in [-0.2, -0.15) is 21.0 Å². The van der Waals surface area contributed by atoms with Crippen LogP contribution in [0.1, 0.15) is 0 Å². The van der Waals surface area contributed by atoms with Crippen LogP contribution in [0.4, 0.5) is 0 Å². The van der Waals surface area contributed by atoms with Gasteiger partial charge >= 0.3 is 0 Å². The van der Waals surface area contributed by atoms with Crippen molar-refractivity contribution in [3.8, 4) is 24.3 Å². The smallest absolute Gasteiger partial charge is 0.174 e. The second-order valence-electron chi connectivity index (χ2n) is 2.53. The maximum atomic E-state index is 8.59. The highest BCUT2D eigenvalue weighted by molar-refractivity contribution is 6.16. The average molecular weight is 238 g/mol. The van der Waals surface area contributed by atoms with Crippen LogP contribution in [0.3, 0.4) is 0 Å². The Morgan fingerprint density at radius 1 is 0.722 bits per heavy atom. The third-order valence-electron chi connectivity index (χ3n) is 1.44. The minimum Gasteiger partial charge on any atom is -0.388 e. The van der Waals surface area contributed by atoms with E-state index in [9.17, 15) is 0 Å². The predicted octanol–water partition coefficient (Wildman–Crippen LogP) is -0.437. The summed E-state index contributed by atoms with van der Waals surface area (Å²) in [5.41, 5.74) is 9.12. The molecule has 0 heterocycles. The lowest BCUT2D eigenvalue weighted by molar-refractivity contribution is 1.27. The third-order valence-corrected chi connectivity index (χ3v) is 1.44. The van der Waals surface area contributed by atoms with E-state index < -0.39 is 0 Å². The van der Waals surface area contributed by atoms with Crippen molar-refractivity contribution in [1.29, 1.82) is 21.0 Å². The first kappa shape index (κ1) is 14.4. The van der Waals surface area contributed by atoms with Gasteiger partial charge in [-0.3, -0.25) is 0 Å². The Hall–Kier alpha value is -3.62. The summed E-state index contributed by atoms with van der Waals surface area (Å²) in [6.07, 6.45) is 2.09. The summed E-state index contributed by atoms with van der Waals surface area (Å²) in [5.74, 6) is 0. The molecule has 0 bridgehead atoms. The van der Waals surface area contributed by atoms with Crippen LogP contribution in [0, 0.1) is 45.3 Å². The zero-order chi connectivity index (χ0) is 14.0. The number of nitriles is 4. The van der Waals surface area contributed by atoms with E-state index in [0.29, 0.717) is 0 Å². The van der Waals surface area contributed by atoms with Crippen molar-refractivity contribution in [2.24, 2.45) is 21.5 Å². The van der Waals surface area contributed by atoms with Crippen LogP contribution < -0.4 is 11.5 Å². The molecule has 0 atom stereocenters. The van der Waals surface area contributed by atoms with Crippen LogP contribution in [-0.2, 0) is 0 Å². The Labute approximate surface area is 103 Å². The van der Waals surface area contributed by atoms with Gasteiger partial charge in [0.05, 0.1) is 0 Å². The van der Waals surface area contributed by atoms with Crippen molar-refractivity contribution in [2.45, 2.75) is 0 Å². The van der Waals surface area contributed by atoms with E-state index in [1.165, 1.54) is 0 Å². The Morgan fingerprint density at radius 2 is 1.06 bits per heavy atom. The lowest BCUT2D eigenvalue weighted by Gasteiger charge is -1.89. The largest absolute Gasteiger partial charge is 0.388 e. The van der Waals surface area contributed by atoms with Crippen molar-refractivity contribution < 1.29 is 0 Å². The van der Waals surface area contributed by atoms with Gasteiger partial charge in [-0.15, -0.1) is 0 Å². The Kier molecular flexibility index (Phi) is 6.11. The fourth-order valence-electron chi connectivity index (χ4n) is 0.639. The number of hydrogen-bond acceptors (Lipinski definition) is 8. The lowest BCUT2D eigenvalue weighted by Crippen LogP contribution is -1.98. The zero-order valence-corrected chi connectivity index (χ0v) is 8.99. The fourth-order valence-corrected chi connectivity index (χ4v) is 0.639. The van der Waals surface area contributed by atoms with Crippen LogP contribution in [0.25, 0.3) is 0 Å². The summed E-state index contributed by atoms with van der Waals surface area (Å²) in [7, 11) is 0. The van der Waals surface area contributed by atoms with Gasteiger partial charge < -0.3 is 11.5 Å². The van der Waals surface area contributed by atoms with Crippen molar-refractivity contribution >= 4 is 12.4 Å². The molecule has 0 aliphatic heterocycles. The second-order valence-corrected chi connectivity index (χ2v) is 2.53. The molecule has 0 saturated heterocycles. The highest BCUT2D eigenvalue weighted by Crippen LogP contribution is 1.98. The van der Waals surface area contributed by atoms with Crippen LogP contribution in [-0.4, -0.2) is 12.4 Å². The van der Waals surface area contributed by atoms with E-state index in [-0.39, 0.29) is 22.8 Å². The van der Waals surface area contributed by atoms with Crippen molar-refractivity contribution in [1.82, 2.24) is 0 Å². The van der Waals surface area contributed by atoms with E-state index in [1.807, 2.05) is 0 Å². The van der Waals surface area contributed by atoms with Crippen LogP contribution in [0.15, 0.2) is 32.8 Å². The quantitative estimate of drug-likeness (QED) is 0.498. The summed E-state index contributed by atoms with van der Waals surface area (Å²) >= 11 is 0. The van der Waals surface area contributed by atoms with Gasteiger partial charge in [0.15, 0.2) is 11.4 Å². The first-order valence-corrected chi connectivity index (χ1v) is 4.27. The molecule has 0 unspecified atom stereocenters. The topological polar surface area (TPSA) is 172 Å². The van der Waals surface area contributed by atoms with Gasteiger partial charge in [0.2, 0.25) is 0 Å². The molecule has 4 N–H and O–H groups in total. The summed E-state index contributed by atoms with van der Waals surface area (Å²) in [6.45, 7) is 0. The third kappa shape index (κ3) is 4.27. The molecule has 0 radical (unpaired) electrons. The average Bonchev–Trinajstić information content (AvgIpc) is 2.41. The van der Waals surface area contributed by atoms with Gasteiger partial charge in [0.1, 0.15) is 35.7 Å². The molecular weight excluding hydrogens is 232 g/mol. The molecule has 0 aromatic rings. The van der Waals surface area contributed by atoms with E-state index in [2.05, 4.69) is 9.98 Å². The van der Waals surface area contributed by atoms with Crippen LogP contribution >= 0.6 is 0 Å². The Morgan fingerprint density at radius 3 is 1.28 bits per heavy atom. The van der Waals surface area contributed by atoms with Crippen LogP contribution in [0.5, 0.6) is 0 Å². The Balaban J connectivity index is 5.04. The molecule has 0 aliphatic carbocycles. The molecule has 0 aliphatic rings. The highest BCUT2D eigenvalue weighted by atomic mass is 14.8. The first-order chi connectivity index (χ1) is 8.60. The van der Waals surface area contributed by atoms with E-state index in [0.717, 1.165) is 12.4 Å². The molecule has 0 spiro atoms. The van der Waals surface area contributed by atoms with Crippen LogP contribution in [0.2, 0.25) is 0 Å². The second kappa shape index (κ2) is 7.64. The number of aliphatic imine (C=N–C) groups is 2. The summed E-state index contributed by atoms with van der Waals surface area (Å²) in [4.78, 5) is 7.09. The van der Waals surface area contributed by atoms with E-state index in [4.69, 9.17) is 32.5 Å². The van der Waals surface area contributed by atoms with Gasteiger partial charge in [-0.25, -0.2) is 9.98 Å². The number of allylic oxidation sites excluding steroid dienone is 4. The summed E-state index contributed by atoms with van der Waals surface area (Å²) < 4.78 is 0. The Bertz CT molecular complexity index is 550. The number of hydrogen-bond donors (Lipinski definition) is 2. The molecule has 0 aromatic heterocycles. The molecule has 8 nitrogen and oxygen atoms in total. The van der Waals surface area contributed by atoms with Gasteiger partial charge in [-0.05, 0) is 0 Å². The van der Waals surface area contributed by atoms with E-state index in [1.54, 1.807) is 24.3 Å². The SMILES string of the molecule is N#C/C(N)=C(/C#N)N=CC=N/C(C#N)=C(/N)C#N. The summed E-state index contributed by atoms with van der Waals surface area (Å²) in [6, 6.07) is 6.33. The van der Waals surface area contributed by atoms with Gasteiger partial charge in [0.25, 0.3) is 0 Å². The number of nitrogens with two attached hydrogens (primary N) is 2. The van der Waals surface area contributed by atoms with Gasteiger partial charge in [0, 0.05) is 12.4 Å². The predicted molar refractivity (Wildman–Crippen MR) is 61.9 cm³/mol. The normalized spacial score (nSPS) is 12.9. The maximum Gasteiger partial charge on any atom is 0.174 e. The van der Waals surface area contributed by atoms with Crippen molar-refractivity contribution in [3.05, 3.63) is 22.8 Å². The minimum absolute atomic E-state index is 0.278.